The van der Waals surface area contributed by atoms with E-state index in [0.717, 1.165) is 45.8 Å². The van der Waals surface area contributed by atoms with Crippen LogP contribution in [-0.2, 0) is 32.6 Å². The van der Waals surface area contributed by atoms with Gasteiger partial charge in [-0.25, -0.2) is 17.2 Å². The molecule has 2 amide bonds. The third-order valence-corrected chi connectivity index (χ3v) is 7.96. The zero-order valence-corrected chi connectivity index (χ0v) is 24.5. The third kappa shape index (κ3) is 9.11. The molecule has 0 aliphatic carbocycles. The van der Waals surface area contributed by atoms with Crippen molar-refractivity contribution in [3.05, 3.63) is 101 Å². The molecular weight excluding hydrogens is 548 g/mol. The average Bonchev–Trinajstić information content (AvgIpc) is 2.94. The van der Waals surface area contributed by atoms with E-state index in [0.29, 0.717) is 13.0 Å². The number of nitrogens with zero attached hydrogens (tertiary/aromatic N) is 2. The summed E-state index contributed by atoms with van der Waals surface area (Å²) in [6.07, 6.45) is 2.05. The van der Waals surface area contributed by atoms with Crippen LogP contribution in [0.15, 0.2) is 72.8 Å². The normalized spacial score (nSPS) is 12.0. The first-order valence-electron chi connectivity index (χ1n) is 13.6. The minimum Gasteiger partial charge on any atom is -0.354 e. The van der Waals surface area contributed by atoms with Gasteiger partial charge in [-0.05, 0) is 48.6 Å². The van der Waals surface area contributed by atoms with Crippen LogP contribution in [0.3, 0.4) is 0 Å². The number of rotatable bonds is 14. The molecule has 0 fully saturated rings. The van der Waals surface area contributed by atoms with Crippen molar-refractivity contribution in [1.29, 1.82) is 0 Å². The molecule has 10 heteroatoms. The molecule has 0 unspecified atom stereocenters. The molecule has 1 atom stereocenters. The number of carbonyl (C=O) groups is 2. The number of carbonyl (C=O) groups excluding carboxylic acids is 2. The monoisotopic (exact) mass is 585 g/mol. The SMILES string of the molecule is CCCNC(=O)[C@H](Cc1ccccc1)N(Cc1ccccc1C)C(=O)CCCN(c1ccc(F)c(F)c1)S(C)(=O)=O. The summed E-state index contributed by atoms with van der Waals surface area (Å²) in [4.78, 5) is 28.8. The Bertz CT molecular complexity index is 1430. The zero-order valence-electron chi connectivity index (χ0n) is 23.6. The molecule has 3 aromatic rings. The van der Waals surface area contributed by atoms with E-state index in [1.54, 1.807) is 4.90 Å². The number of aryl methyl sites for hydroxylation is 1. The molecule has 3 aromatic carbocycles. The van der Waals surface area contributed by atoms with Crippen molar-refractivity contribution in [1.82, 2.24) is 10.2 Å². The largest absolute Gasteiger partial charge is 0.354 e. The van der Waals surface area contributed by atoms with Gasteiger partial charge in [0.25, 0.3) is 0 Å². The van der Waals surface area contributed by atoms with Gasteiger partial charge in [-0.15, -0.1) is 0 Å². The first-order valence-corrected chi connectivity index (χ1v) is 15.4. The lowest BCUT2D eigenvalue weighted by Gasteiger charge is -2.32. The number of hydrogen-bond donors (Lipinski definition) is 1. The highest BCUT2D eigenvalue weighted by Crippen LogP contribution is 2.22. The van der Waals surface area contributed by atoms with E-state index in [-0.39, 0.29) is 43.4 Å². The highest BCUT2D eigenvalue weighted by molar-refractivity contribution is 7.92. The molecule has 1 N–H and O–H groups in total. The van der Waals surface area contributed by atoms with Gasteiger partial charge in [0.15, 0.2) is 11.6 Å². The van der Waals surface area contributed by atoms with Gasteiger partial charge in [0.05, 0.1) is 11.9 Å². The maximum absolute atomic E-state index is 13.9. The van der Waals surface area contributed by atoms with E-state index < -0.39 is 27.7 Å². The number of halogens is 2. The Morgan fingerprint density at radius 3 is 2.27 bits per heavy atom. The Hall–Kier alpha value is -3.79. The van der Waals surface area contributed by atoms with Crippen LogP contribution in [0.25, 0.3) is 0 Å². The maximum Gasteiger partial charge on any atom is 0.243 e. The van der Waals surface area contributed by atoms with Crippen molar-refractivity contribution in [3.63, 3.8) is 0 Å². The minimum absolute atomic E-state index is 0.0310. The predicted octanol–water partition coefficient (Wildman–Crippen LogP) is 4.99. The lowest BCUT2D eigenvalue weighted by atomic mass is 10.0. The molecule has 0 saturated heterocycles. The summed E-state index contributed by atoms with van der Waals surface area (Å²) in [5.41, 5.74) is 2.73. The smallest absolute Gasteiger partial charge is 0.243 e. The van der Waals surface area contributed by atoms with Crippen LogP contribution in [0.2, 0.25) is 0 Å². The van der Waals surface area contributed by atoms with Crippen LogP contribution in [0.1, 0.15) is 42.9 Å². The molecule has 7 nitrogen and oxygen atoms in total. The number of amides is 2. The van der Waals surface area contributed by atoms with Gasteiger partial charge < -0.3 is 10.2 Å². The number of nitrogens with one attached hydrogen (secondary N) is 1. The Morgan fingerprint density at radius 2 is 1.63 bits per heavy atom. The molecule has 0 spiro atoms. The number of sulfonamides is 1. The van der Waals surface area contributed by atoms with Crippen LogP contribution in [0.4, 0.5) is 14.5 Å². The van der Waals surface area contributed by atoms with Crippen molar-refractivity contribution in [2.75, 3.05) is 23.7 Å². The summed E-state index contributed by atoms with van der Waals surface area (Å²) in [5, 5.41) is 2.93. The van der Waals surface area contributed by atoms with E-state index in [1.165, 1.54) is 6.07 Å². The first-order chi connectivity index (χ1) is 19.5. The summed E-state index contributed by atoms with van der Waals surface area (Å²) < 4.78 is 53.2. The Morgan fingerprint density at radius 1 is 0.951 bits per heavy atom. The molecule has 0 aliphatic rings. The molecule has 0 heterocycles. The second kappa shape index (κ2) is 14.7. The average molecular weight is 586 g/mol. The van der Waals surface area contributed by atoms with Gasteiger partial charge in [-0.1, -0.05) is 61.5 Å². The topological polar surface area (TPSA) is 86.8 Å². The second-order valence-corrected chi connectivity index (χ2v) is 11.9. The quantitative estimate of drug-likeness (QED) is 0.289. The predicted molar refractivity (Wildman–Crippen MR) is 157 cm³/mol. The second-order valence-electron chi connectivity index (χ2n) is 9.98. The van der Waals surface area contributed by atoms with Gasteiger partial charge in [0.2, 0.25) is 21.8 Å². The highest BCUT2D eigenvalue weighted by atomic mass is 32.2. The van der Waals surface area contributed by atoms with E-state index in [9.17, 15) is 26.8 Å². The molecule has 0 bridgehead atoms. The fourth-order valence-electron chi connectivity index (χ4n) is 4.54. The first kappa shape index (κ1) is 31.7. The van der Waals surface area contributed by atoms with Gasteiger partial charge >= 0.3 is 0 Å². The van der Waals surface area contributed by atoms with Gasteiger partial charge in [-0.2, -0.15) is 0 Å². The Balaban J connectivity index is 1.88. The molecule has 41 heavy (non-hydrogen) atoms. The van der Waals surface area contributed by atoms with E-state index in [2.05, 4.69) is 5.32 Å². The van der Waals surface area contributed by atoms with E-state index >= 15 is 0 Å². The summed E-state index contributed by atoms with van der Waals surface area (Å²) in [7, 11) is -3.85. The fraction of sp³-hybridized carbons (Fsp3) is 0.355. The lowest BCUT2D eigenvalue weighted by molar-refractivity contribution is -0.141. The van der Waals surface area contributed by atoms with Crippen LogP contribution < -0.4 is 9.62 Å². The molecule has 0 saturated carbocycles. The third-order valence-electron chi connectivity index (χ3n) is 6.77. The van der Waals surface area contributed by atoms with Crippen molar-refractivity contribution < 1.29 is 26.8 Å². The van der Waals surface area contributed by atoms with Crippen LogP contribution in [-0.4, -0.2) is 50.5 Å². The van der Waals surface area contributed by atoms with E-state index in [4.69, 9.17) is 0 Å². The molecule has 0 aromatic heterocycles. The summed E-state index contributed by atoms with van der Waals surface area (Å²) in [5.74, 6) is -2.84. The number of hydrogen-bond acceptors (Lipinski definition) is 4. The molecule has 220 valence electrons. The van der Waals surface area contributed by atoms with Crippen molar-refractivity contribution in [2.24, 2.45) is 0 Å². The Labute approximate surface area is 241 Å². The van der Waals surface area contributed by atoms with Gasteiger partial charge in [-0.3, -0.25) is 13.9 Å². The summed E-state index contributed by atoms with van der Waals surface area (Å²) >= 11 is 0. The van der Waals surface area contributed by atoms with Crippen LogP contribution in [0, 0.1) is 18.6 Å². The fourth-order valence-corrected chi connectivity index (χ4v) is 5.49. The van der Waals surface area contributed by atoms with Gasteiger partial charge in [0.1, 0.15) is 6.04 Å². The van der Waals surface area contributed by atoms with Crippen molar-refractivity contribution >= 4 is 27.5 Å². The molecule has 3 rings (SSSR count). The van der Waals surface area contributed by atoms with E-state index in [1.807, 2.05) is 68.4 Å². The zero-order chi connectivity index (χ0) is 30.0. The molecule has 0 aliphatic heterocycles. The summed E-state index contributed by atoms with van der Waals surface area (Å²) in [6, 6.07) is 19.1. The minimum atomic E-state index is -3.85. The number of anilines is 1. The van der Waals surface area contributed by atoms with Gasteiger partial charge in [0, 0.05) is 38.5 Å². The molecular formula is C31H37F2N3O4S. The standard InChI is InChI=1S/C31H37F2N3O4S/c1-4-18-34-31(38)29(20-24-12-6-5-7-13-24)35(22-25-14-9-8-11-23(25)2)30(37)15-10-19-36(41(3,39)40)26-16-17-27(32)28(33)21-26/h5-9,11-14,16-17,21,29H,4,10,15,18-20,22H2,1-3H3,(H,34,38)/t29-/m0/s1. The van der Waals surface area contributed by atoms with Crippen molar-refractivity contribution in [3.8, 4) is 0 Å². The number of benzene rings is 3. The highest BCUT2D eigenvalue weighted by Gasteiger charge is 2.30. The van der Waals surface area contributed by atoms with Crippen LogP contribution in [0.5, 0.6) is 0 Å². The lowest BCUT2D eigenvalue weighted by Crippen LogP contribution is -2.50. The summed E-state index contributed by atoms with van der Waals surface area (Å²) in [6.45, 7) is 4.42. The van der Waals surface area contributed by atoms with Crippen molar-refractivity contribution in [2.45, 2.75) is 52.1 Å². The van der Waals surface area contributed by atoms with Crippen LogP contribution >= 0.6 is 0 Å². The molecule has 0 radical (unpaired) electrons. The maximum atomic E-state index is 13.9. The Kier molecular flexibility index (Phi) is 11.4.